The summed E-state index contributed by atoms with van der Waals surface area (Å²) in [4.78, 5) is 16.5. The lowest BCUT2D eigenvalue weighted by Gasteiger charge is -2.27. The summed E-state index contributed by atoms with van der Waals surface area (Å²) in [5, 5.41) is 2.62. The van der Waals surface area contributed by atoms with Crippen LogP contribution in [0.4, 0.5) is 0 Å². The largest absolute Gasteiger partial charge is 0.354 e. The molecule has 1 aliphatic heterocycles. The topological polar surface area (TPSA) is 84.9 Å². The van der Waals surface area contributed by atoms with Crippen molar-refractivity contribution in [3.63, 3.8) is 0 Å². The van der Waals surface area contributed by atoms with Gasteiger partial charge < -0.3 is 10.2 Å². The molecule has 1 aromatic rings. The van der Waals surface area contributed by atoms with Gasteiger partial charge in [0.15, 0.2) is 5.75 Å². The van der Waals surface area contributed by atoms with E-state index < -0.39 is 14.8 Å². The zero-order valence-electron chi connectivity index (χ0n) is 12.4. The number of carbonyl (C=O) groups excluding carboxylic acids is 1. The first-order valence-corrected chi connectivity index (χ1v) is 9.66. The van der Waals surface area contributed by atoms with Crippen molar-refractivity contribution in [1.29, 1.82) is 0 Å². The maximum atomic E-state index is 12.5. The van der Waals surface area contributed by atoms with Crippen LogP contribution < -0.4 is 10.2 Å². The van der Waals surface area contributed by atoms with Crippen molar-refractivity contribution in [2.45, 2.75) is 17.6 Å². The lowest BCUT2D eigenvalue weighted by atomic mass is 10.3. The smallest absolute Gasteiger partial charge is 0.235 e. The van der Waals surface area contributed by atoms with Crippen molar-refractivity contribution in [1.82, 2.24) is 9.62 Å². The molecule has 1 amide bonds. The fraction of sp³-hybridized carbons (Fsp3) is 0.500. The Balaban J connectivity index is 1.53. The van der Waals surface area contributed by atoms with E-state index in [2.05, 4.69) is 5.32 Å². The van der Waals surface area contributed by atoms with Crippen LogP contribution in [0.1, 0.15) is 12.8 Å². The maximum Gasteiger partial charge on any atom is 0.235 e. The van der Waals surface area contributed by atoms with E-state index in [1.54, 1.807) is 12.1 Å². The first kappa shape index (κ1) is 16.6. The molecule has 3 rings (SSSR count). The van der Waals surface area contributed by atoms with Crippen molar-refractivity contribution in [3.05, 3.63) is 30.3 Å². The maximum absolute atomic E-state index is 12.5. The summed E-state index contributed by atoms with van der Waals surface area (Å²) in [6, 6.07) is 9.01. The fourth-order valence-electron chi connectivity index (χ4n) is 2.27. The first-order chi connectivity index (χ1) is 11.0. The molecule has 126 valence electrons. The van der Waals surface area contributed by atoms with Crippen LogP contribution in [0.3, 0.4) is 0 Å². The summed E-state index contributed by atoms with van der Waals surface area (Å²) in [6.07, 6.45) is 1.49. The number of nitrogens with one attached hydrogen (secondary N) is 1. The second-order valence-electron chi connectivity index (χ2n) is 5.67. The number of rotatable bonds is 7. The average Bonchev–Trinajstić information content (AvgIpc) is 3.27. The van der Waals surface area contributed by atoms with Crippen molar-refractivity contribution in [3.8, 4) is 5.75 Å². The van der Waals surface area contributed by atoms with E-state index >= 15 is 0 Å². The van der Waals surface area contributed by atoms with Gasteiger partial charge in [0.25, 0.3) is 0 Å². The minimum absolute atomic E-state index is 0.0455. The molecule has 1 saturated heterocycles. The van der Waals surface area contributed by atoms with Crippen molar-refractivity contribution < 1.29 is 22.4 Å². The number of nitrogens with zero attached hydrogens (tertiary/aromatic N) is 1. The summed E-state index contributed by atoms with van der Waals surface area (Å²) >= 11 is 1.05. The van der Waals surface area contributed by atoms with E-state index in [-0.39, 0.29) is 18.2 Å². The quantitative estimate of drug-likeness (QED) is 0.444. The Morgan fingerprint density at radius 3 is 2.65 bits per heavy atom. The van der Waals surface area contributed by atoms with E-state index in [1.165, 1.54) is 4.31 Å². The van der Waals surface area contributed by atoms with Gasteiger partial charge in [-0.05, 0) is 25.0 Å². The minimum atomic E-state index is -3.49. The minimum Gasteiger partial charge on any atom is -0.354 e. The normalized spacial score (nSPS) is 20.8. The molecule has 0 unspecified atom stereocenters. The molecule has 23 heavy (non-hydrogen) atoms. The summed E-state index contributed by atoms with van der Waals surface area (Å²) in [6.45, 7) is 0.562. The van der Waals surface area contributed by atoms with Crippen LogP contribution in [0.15, 0.2) is 30.3 Å². The molecular weight excluding hydrogens is 340 g/mol. The van der Waals surface area contributed by atoms with Gasteiger partial charge >= 0.3 is 0 Å². The molecule has 0 bridgehead atoms. The number of piperazine rings is 1. The fourth-order valence-corrected chi connectivity index (χ4v) is 5.26. The van der Waals surface area contributed by atoms with Gasteiger partial charge in [-0.15, -0.1) is 4.33 Å². The van der Waals surface area contributed by atoms with Gasteiger partial charge in [-0.25, -0.2) is 8.42 Å². The SMILES string of the molecule is O=C1CN(S(=O)(=O)CC2(SOOc3ccccc3)CC2)CCN1. The molecule has 0 radical (unpaired) electrons. The Bertz CT molecular complexity index is 661. The highest BCUT2D eigenvalue weighted by Crippen LogP contribution is 2.50. The molecule has 0 atom stereocenters. The lowest BCUT2D eigenvalue weighted by molar-refractivity contribution is -0.122. The van der Waals surface area contributed by atoms with Gasteiger partial charge in [-0.3, -0.25) is 4.79 Å². The molecule has 2 fully saturated rings. The number of amides is 1. The Morgan fingerprint density at radius 2 is 2.00 bits per heavy atom. The highest BCUT2D eigenvalue weighted by molar-refractivity contribution is 7.98. The second kappa shape index (κ2) is 6.68. The predicted octanol–water partition coefficient (Wildman–Crippen LogP) is 0.939. The Kier molecular flexibility index (Phi) is 4.81. The van der Waals surface area contributed by atoms with E-state index in [4.69, 9.17) is 9.22 Å². The molecule has 2 aliphatic rings. The highest BCUT2D eigenvalue weighted by atomic mass is 32.2. The number of para-hydroxylation sites is 1. The number of benzene rings is 1. The number of sulfonamides is 1. The van der Waals surface area contributed by atoms with Gasteiger partial charge in [-0.2, -0.15) is 4.31 Å². The van der Waals surface area contributed by atoms with Gasteiger partial charge in [0.1, 0.15) is 0 Å². The third kappa shape index (κ3) is 4.37. The van der Waals surface area contributed by atoms with Crippen LogP contribution in [0.5, 0.6) is 5.75 Å². The number of hydrogen-bond donors (Lipinski definition) is 1. The van der Waals surface area contributed by atoms with Crippen LogP contribution in [-0.2, 0) is 19.2 Å². The van der Waals surface area contributed by atoms with E-state index in [1.807, 2.05) is 18.2 Å². The summed E-state index contributed by atoms with van der Waals surface area (Å²) in [5.74, 6) is 0.253. The highest BCUT2D eigenvalue weighted by Gasteiger charge is 2.50. The van der Waals surface area contributed by atoms with Crippen LogP contribution in [-0.4, -0.2) is 48.8 Å². The predicted molar refractivity (Wildman–Crippen MR) is 86.1 cm³/mol. The third-order valence-corrected chi connectivity index (χ3v) is 6.97. The van der Waals surface area contributed by atoms with Crippen LogP contribution in [0.2, 0.25) is 0 Å². The van der Waals surface area contributed by atoms with Crippen LogP contribution in [0.25, 0.3) is 0 Å². The molecule has 0 aromatic heterocycles. The summed E-state index contributed by atoms with van der Waals surface area (Å²) in [5.41, 5.74) is 0. The molecule has 1 aliphatic carbocycles. The molecule has 1 saturated carbocycles. The molecule has 9 heteroatoms. The van der Waals surface area contributed by atoms with Crippen molar-refractivity contribution >= 4 is 28.0 Å². The Morgan fingerprint density at radius 1 is 1.26 bits per heavy atom. The second-order valence-corrected chi connectivity index (χ2v) is 8.81. The molecule has 1 heterocycles. The van der Waals surface area contributed by atoms with Crippen molar-refractivity contribution in [2.75, 3.05) is 25.4 Å². The van der Waals surface area contributed by atoms with Gasteiger partial charge in [-0.1, -0.05) is 18.2 Å². The molecular formula is C14H18N2O5S2. The molecule has 7 nitrogen and oxygen atoms in total. The van der Waals surface area contributed by atoms with Gasteiger partial charge in [0.05, 0.1) is 29.1 Å². The van der Waals surface area contributed by atoms with Gasteiger partial charge in [0, 0.05) is 13.1 Å². The molecule has 0 spiro atoms. The average molecular weight is 358 g/mol. The first-order valence-electron chi connectivity index (χ1n) is 7.31. The van der Waals surface area contributed by atoms with E-state index in [9.17, 15) is 13.2 Å². The Labute approximate surface area is 139 Å². The zero-order valence-corrected chi connectivity index (χ0v) is 14.1. The van der Waals surface area contributed by atoms with E-state index in [0.29, 0.717) is 18.8 Å². The summed E-state index contributed by atoms with van der Waals surface area (Å²) < 4.78 is 30.8. The standard InChI is InChI=1S/C14H18N2O5S2/c17-13-10-16(9-8-15-13)23(18,19)11-14(6-7-14)22-21-20-12-4-2-1-3-5-12/h1-5H,6-11H2,(H,15,17). The zero-order chi connectivity index (χ0) is 16.3. The van der Waals surface area contributed by atoms with Crippen LogP contribution in [0, 0.1) is 0 Å². The number of carbonyl (C=O) groups is 1. The van der Waals surface area contributed by atoms with E-state index in [0.717, 1.165) is 24.9 Å². The molecule has 1 aromatic carbocycles. The monoisotopic (exact) mass is 358 g/mol. The Hall–Kier alpha value is -1.29. The summed E-state index contributed by atoms with van der Waals surface area (Å²) in [7, 11) is -3.49. The molecule has 1 N–H and O–H groups in total. The van der Waals surface area contributed by atoms with Crippen molar-refractivity contribution in [2.24, 2.45) is 0 Å². The lowest BCUT2D eigenvalue weighted by Crippen LogP contribution is -2.51. The van der Waals surface area contributed by atoms with Crippen LogP contribution >= 0.6 is 12.0 Å². The number of hydrogen-bond acceptors (Lipinski definition) is 6. The van der Waals surface area contributed by atoms with Gasteiger partial charge in [0.2, 0.25) is 15.9 Å². The third-order valence-electron chi connectivity index (χ3n) is 3.73.